The van der Waals surface area contributed by atoms with Crippen molar-refractivity contribution in [3.63, 3.8) is 0 Å². The Kier molecular flexibility index (Phi) is 5.88. The van der Waals surface area contributed by atoms with Gasteiger partial charge >= 0.3 is 0 Å². The minimum atomic E-state index is -0.531. The van der Waals surface area contributed by atoms with Crippen molar-refractivity contribution in [3.8, 4) is 5.75 Å². The van der Waals surface area contributed by atoms with Crippen LogP contribution in [-0.4, -0.2) is 18.1 Å². The monoisotopic (exact) mass is 297 g/mol. The van der Waals surface area contributed by atoms with Gasteiger partial charge in [-0.2, -0.15) is 0 Å². The Morgan fingerprint density at radius 2 is 1.65 bits per heavy atom. The quantitative estimate of drug-likeness (QED) is 0.895. The number of benzene rings is 1. The van der Waals surface area contributed by atoms with E-state index in [4.69, 9.17) is 16.3 Å². The molecule has 0 saturated heterocycles. The van der Waals surface area contributed by atoms with Gasteiger partial charge in [0.05, 0.1) is 0 Å². The van der Waals surface area contributed by atoms with Crippen LogP contribution in [-0.2, 0) is 4.79 Å². The van der Waals surface area contributed by atoms with Gasteiger partial charge in [0, 0.05) is 11.1 Å². The molecule has 1 amide bonds. The summed E-state index contributed by atoms with van der Waals surface area (Å²) in [4.78, 5) is 12.0. The molecule has 0 aliphatic carbocycles. The van der Waals surface area contributed by atoms with E-state index in [9.17, 15) is 4.79 Å². The van der Waals surface area contributed by atoms with E-state index in [0.717, 1.165) is 16.1 Å². The van der Waals surface area contributed by atoms with Crippen LogP contribution in [0, 0.1) is 19.8 Å². The molecular formula is C16H24ClNO2. The number of ether oxygens (including phenoxy) is 1. The van der Waals surface area contributed by atoms with E-state index >= 15 is 0 Å². The van der Waals surface area contributed by atoms with Gasteiger partial charge in [0.2, 0.25) is 0 Å². The van der Waals surface area contributed by atoms with Gasteiger partial charge in [-0.1, -0.05) is 25.4 Å². The predicted molar refractivity (Wildman–Crippen MR) is 83.5 cm³/mol. The first-order valence-electron chi connectivity index (χ1n) is 6.96. The van der Waals surface area contributed by atoms with Crippen LogP contribution in [0.2, 0.25) is 5.02 Å². The largest absolute Gasteiger partial charge is 0.481 e. The number of aryl methyl sites for hydroxylation is 2. The SMILES string of the molecule is Cc1cc(OC(C)C(=O)NC(C)C(C)C)cc(C)c1Cl. The molecule has 0 aliphatic rings. The topological polar surface area (TPSA) is 38.3 Å². The Morgan fingerprint density at radius 3 is 2.10 bits per heavy atom. The van der Waals surface area contributed by atoms with E-state index in [1.165, 1.54) is 0 Å². The number of hydrogen-bond acceptors (Lipinski definition) is 2. The third kappa shape index (κ3) is 4.41. The van der Waals surface area contributed by atoms with Gasteiger partial charge in [-0.3, -0.25) is 4.79 Å². The smallest absolute Gasteiger partial charge is 0.260 e. The number of halogens is 1. The average Bonchev–Trinajstić information content (AvgIpc) is 2.35. The lowest BCUT2D eigenvalue weighted by molar-refractivity contribution is -0.128. The Balaban J connectivity index is 2.71. The Morgan fingerprint density at radius 1 is 1.15 bits per heavy atom. The summed E-state index contributed by atoms with van der Waals surface area (Å²) in [7, 11) is 0. The van der Waals surface area contributed by atoms with Crippen LogP contribution in [0.5, 0.6) is 5.75 Å². The minimum Gasteiger partial charge on any atom is -0.481 e. The molecule has 1 N–H and O–H groups in total. The van der Waals surface area contributed by atoms with Crippen molar-refractivity contribution < 1.29 is 9.53 Å². The van der Waals surface area contributed by atoms with E-state index in [1.807, 2.05) is 32.9 Å². The number of hydrogen-bond donors (Lipinski definition) is 1. The molecular weight excluding hydrogens is 274 g/mol. The van der Waals surface area contributed by atoms with Crippen LogP contribution in [0.3, 0.4) is 0 Å². The van der Waals surface area contributed by atoms with Crippen molar-refractivity contribution in [3.05, 3.63) is 28.3 Å². The van der Waals surface area contributed by atoms with E-state index in [2.05, 4.69) is 19.2 Å². The fourth-order valence-electron chi connectivity index (χ4n) is 1.74. The highest BCUT2D eigenvalue weighted by molar-refractivity contribution is 6.32. The van der Waals surface area contributed by atoms with Gasteiger partial charge in [-0.15, -0.1) is 0 Å². The molecule has 4 heteroatoms. The highest BCUT2D eigenvalue weighted by Gasteiger charge is 2.18. The maximum Gasteiger partial charge on any atom is 0.260 e. The summed E-state index contributed by atoms with van der Waals surface area (Å²) in [6, 6.07) is 3.83. The summed E-state index contributed by atoms with van der Waals surface area (Å²) in [6.07, 6.45) is -0.531. The van der Waals surface area contributed by atoms with Crippen molar-refractivity contribution in [1.82, 2.24) is 5.32 Å². The fraction of sp³-hybridized carbons (Fsp3) is 0.562. The van der Waals surface area contributed by atoms with E-state index in [1.54, 1.807) is 6.92 Å². The van der Waals surface area contributed by atoms with Crippen LogP contribution in [0.1, 0.15) is 38.8 Å². The lowest BCUT2D eigenvalue weighted by Gasteiger charge is -2.21. The fourth-order valence-corrected chi connectivity index (χ4v) is 1.85. The van der Waals surface area contributed by atoms with E-state index in [-0.39, 0.29) is 11.9 Å². The van der Waals surface area contributed by atoms with Crippen molar-refractivity contribution in [2.45, 2.75) is 53.7 Å². The maximum absolute atomic E-state index is 12.0. The zero-order valence-corrected chi connectivity index (χ0v) is 13.8. The highest BCUT2D eigenvalue weighted by atomic mass is 35.5. The number of amides is 1. The van der Waals surface area contributed by atoms with Crippen LogP contribution in [0.15, 0.2) is 12.1 Å². The molecule has 1 aromatic rings. The molecule has 0 fully saturated rings. The number of carbonyl (C=O) groups is 1. The van der Waals surface area contributed by atoms with Crippen molar-refractivity contribution in [1.29, 1.82) is 0 Å². The zero-order valence-electron chi connectivity index (χ0n) is 13.1. The standard InChI is InChI=1S/C16H24ClNO2/c1-9(2)12(5)18-16(19)13(6)20-14-7-10(3)15(17)11(4)8-14/h7-9,12-13H,1-6H3,(H,18,19). The minimum absolute atomic E-state index is 0.101. The first kappa shape index (κ1) is 16.8. The van der Waals surface area contributed by atoms with Gasteiger partial charge in [-0.05, 0) is 56.9 Å². The first-order valence-corrected chi connectivity index (χ1v) is 7.34. The molecule has 0 aliphatic heterocycles. The molecule has 0 heterocycles. The van der Waals surface area contributed by atoms with Crippen molar-refractivity contribution in [2.24, 2.45) is 5.92 Å². The second-order valence-corrected chi connectivity index (χ2v) is 6.05. The van der Waals surface area contributed by atoms with Crippen molar-refractivity contribution >= 4 is 17.5 Å². The second kappa shape index (κ2) is 6.98. The molecule has 0 saturated carbocycles. The Bertz CT molecular complexity index is 462. The third-order valence-electron chi connectivity index (χ3n) is 3.46. The van der Waals surface area contributed by atoms with Crippen LogP contribution in [0.4, 0.5) is 0 Å². The molecule has 112 valence electrons. The van der Waals surface area contributed by atoms with E-state index in [0.29, 0.717) is 11.7 Å². The average molecular weight is 298 g/mol. The summed E-state index contributed by atoms with van der Waals surface area (Å²) in [6.45, 7) is 11.7. The Hall–Kier alpha value is -1.22. The van der Waals surface area contributed by atoms with E-state index < -0.39 is 6.10 Å². The summed E-state index contributed by atoms with van der Waals surface area (Å²) in [5.41, 5.74) is 1.90. The lowest BCUT2D eigenvalue weighted by atomic mass is 10.1. The first-order chi connectivity index (χ1) is 9.22. The third-order valence-corrected chi connectivity index (χ3v) is 4.06. The molecule has 0 spiro atoms. The molecule has 0 aromatic heterocycles. The summed E-state index contributed by atoms with van der Waals surface area (Å²) in [5, 5.41) is 3.69. The highest BCUT2D eigenvalue weighted by Crippen LogP contribution is 2.26. The maximum atomic E-state index is 12.0. The molecule has 2 unspecified atom stereocenters. The van der Waals surface area contributed by atoms with Gasteiger partial charge in [0.15, 0.2) is 6.10 Å². The molecule has 3 nitrogen and oxygen atoms in total. The normalized spacial score (nSPS) is 14.0. The number of rotatable bonds is 5. The lowest BCUT2D eigenvalue weighted by Crippen LogP contribution is -2.43. The number of nitrogens with one attached hydrogen (secondary N) is 1. The predicted octanol–water partition coefficient (Wildman–Crippen LogP) is 3.88. The van der Waals surface area contributed by atoms with Crippen LogP contribution >= 0.6 is 11.6 Å². The summed E-state index contributed by atoms with van der Waals surface area (Å²) in [5.74, 6) is 0.965. The van der Waals surface area contributed by atoms with Gasteiger partial charge in [0.25, 0.3) is 5.91 Å². The molecule has 2 atom stereocenters. The van der Waals surface area contributed by atoms with Gasteiger partial charge in [-0.25, -0.2) is 0 Å². The van der Waals surface area contributed by atoms with Crippen LogP contribution in [0.25, 0.3) is 0 Å². The molecule has 0 bridgehead atoms. The second-order valence-electron chi connectivity index (χ2n) is 5.67. The molecule has 0 radical (unpaired) electrons. The van der Waals surface area contributed by atoms with Gasteiger partial charge in [0.1, 0.15) is 5.75 Å². The van der Waals surface area contributed by atoms with Crippen LogP contribution < -0.4 is 10.1 Å². The molecule has 20 heavy (non-hydrogen) atoms. The molecule has 1 aromatic carbocycles. The van der Waals surface area contributed by atoms with Crippen molar-refractivity contribution in [2.75, 3.05) is 0 Å². The number of carbonyl (C=O) groups excluding carboxylic acids is 1. The molecule has 1 rings (SSSR count). The summed E-state index contributed by atoms with van der Waals surface area (Å²) < 4.78 is 5.70. The van der Waals surface area contributed by atoms with Gasteiger partial charge < -0.3 is 10.1 Å². The Labute approximate surface area is 126 Å². The zero-order chi connectivity index (χ0) is 15.4. The summed E-state index contributed by atoms with van der Waals surface area (Å²) >= 11 is 6.12.